The zero-order valence-corrected chi connectivity index (χ0v) is 15.3. The molecule has 2 aromatic carbocycles. The molecule has 23 heavy (non-hydrogen) atoms. The summed E-state index contributed by atoms with van der Waals surface area (Å²) < 4.78 is 0. The fourth-order valence-electron chi connectivity index (χ4n) is 3.38. The molecular weight excluding hydrogens is 278 g/mol. The minimum atomic E-state index is 0.125. The van der Waals surface area contributed by atoms with Crippen LogP contribution in [-0.4, -0.2) is 0 Å². The summed E-state index contributed by atoms with van der Waals surface area (Å²) in [6.07, 6.45) is 1.13. The van der Waals surface area contributed by atoms with Crippen LogP contribution in [0.25, 0.3) is 0 Å². The number of benzene rings is 2. The first-order chi connectivity index (χ1) is 10.8. The van der Waals surface area contributed by atoms with Gasteiger partial charge >= 0.3 is 0 Å². The molecule has 2 unspecified atom stereocenters. The first kappa shape index (κ1) is 17.7. The van der Waals surface area contributed by atoms with Crippen molar-refractivity contribution in [3.63, 3.8) is 0 Å². The Morgan fingerprint density at radius 3 is 1.91 bits per heavy atom. The maximum Gasteiger partial charge on any atom is 0.0178 e. The van der Waals surface area contributed by atoms with Gasteiger partial charge in [0.05, 0.1) is 0 Å². The van der Waals surface area contributed by atoms with Gasteiger partial charge in [0, 0.05) is 6.54 Å². The quantitative estimate of drug-likeness (QED) is 0.759. The Bertz CT molecular complexity index is 607. The molecule has 124 valence electrons. The molecule has 0 heterocycles. The highest BCUT2D eigenvalue weighted by Crippen LogP contribution is 2.47. The molecule has 0 amide bonds. The second-order valence-electron chi connectivity index (χ2n) is 8.00. The van der Waals surface area contributed by atoms with Crippen molar-refractivity contribution in [2.45, 2.75) is 58.9 Å². The molecule has 0 spiro atoms. The zero-order chi connectivity index (χ0) is 17.1. The largest absolute Gasteiger partial charge is 0.326 e. The predicted octanol–water partition coefficient (Wildman–Crippen LogP) is 5.64. The van der Waals surface area contributed by atoms with Gasteiger partial charge in [-0.3, -0.25) is 0 Å². The van der Waals surface area contributed by atoms with Crippen molar-refractivity contribution in [2.75, 3.05) is 0 Å². The average Bonchev–Trinajstić information content (AvgIpc) is 2.54. The Labute approximate surface area is 141 Å². The van der Waals surface area contributed by atoms with Crippen LogP contribution in [-0.2, 0) is 12.0 Å². The molecule has 0 saturated heterocycles. The van der Waals surface area contributed by atoms with Crippen LogP contribution in [0.1, 0.15) is 63.6 Å². The van der Waals surface area contributed by atoms with Gasteiger partial charge in [0.2, 0.25) is 0 Å². The molecular formula is C22H31N. The summed E-state index contributed by atoms with van der Waals surface area (Å²) in [7, 11) is 0. The van der Waals surface area contributed by atoms with Crippen LogP contribution in [0, 0.1) is 5.41 Å². The number of nitrogens with two attached hydrogens (primary N) is 1. The zero-order valence-electron chi connectivity index (χ0n) is 15.3. The van der Waals surface area contributed by atoms with E-state index in [0.29, 0.717) is 12.5 Å². The van der Waals surface area contributed by atoms with E-state index in [2.05, 4.69) is 89.2 Å². The van der Waals surface area contributed by atoms with Gasteiger partial charge in [-0.05, 0) is 39.9 Å². The summed E-state index contributed by atoms with van der Waals surface area (Å²) >= 11 is 0. The van der Waals surface area contributed by atoms with Gasteiger partial charge in [0.1, 0.15) is 0 Å². The maximum atomic E-state index is 5.71. The van der Waals surface area contributed by atoms with Crippen LogP contribution in [0.15, 0.2) is 54.6 Å². The van der Waals surface area contributed by atoms with Gasteiger partial charge in [0.15, 0.2) is 0 Å². The van der Waals surface area contributed by atoms with Crippen molar-refractivity contribution in [3.8, 4) is 0 Å². The minimum absolute atomic E-state index is 0.125. The molecule has 0 bridgehead atoms. The summed E-state index contributed by atoms with van der Waals surface area (Å²) in [5.41, 5.74) is 10.1. The van der Waals surface area contributed by atoms with E-state index in [4.69, 9.17) is 5.73 Å². The summed E-state index contributed by atoms with van der Waals surface area (Å²) in [4.78, 5) is 0. The normalized spacial score (nSPS) is 15.9. The summed E-state index contributed by atoms with van der Waals surface area (Å²) in [6.45, 7) is 12.4. The third-order valence-electron chi connectivity index (χ3n) is 5.57. The fourth-order valence-corrected chi connectivity index (χ4v) is 3.38. The van der Waals surface area contributed by atoms with E-state index in [9.17, 15) is 0 Å². The molecule has 0 fully saturated rings. The molecule has 0 aliphatic carbocycles. The highest BCUT2D eigenvalue weighted by Gasteiger charge is 2.39. The van der Waals surface area contributed by atoms with Gasteiger partial charge in [-0.15, -0.1) is 0 Å². The Kier molecular flexibility index (Phi) is 5.31. The Morgan fingerprint density at radius 1 is 0.870 bits per heavy atom. The van der Waals surface area contributed by atoms with Crippen molar-refractivity contribution in [1.29, 1.82) is 0 Å². The average molecular weight is 309 g/mol. The monoisotopic (exact) mass is 309 g/mol. The van der Waals surface area contributed by atoms with E-state index in [0.717, 1.165) is 6.42 Å². The first-order valence-corrected chi connectivity index (χ1v) is 8.62. The highest BCUT2D eigenvalue weighted by molar-refractivity contribution is 5.30. The van der Waals surface area contributed by atoms with Crippen LogP contribution >= 0.6 is 0 Å². The van der Waals surface area contributed by atoms with Gasteiger partial charge in [0.25, 0.3) is 0 Å². The summed E-state index contributed by atoms with van der Waals surface area (Å²) in [5, 5.41) is 0. The van der Waals surface area contributed by atoms with E-state index < -0.39 is 0 Å². The Hall–Kier alpha value is -1.60. The smallest absolute Gasteiger partial charge is 0.0178 e. The predicted molar refractivity (Wildman–Crippen MR) is 101 cm³/mol. The van der Waals surface area contributed by atoms with Gasteiger partial charge < -0.3 is 5.73 Å². The lowest BCUT2D eigenvalue weighted by molar-refractivity contribution is 0.179. The van der Waals surface area contributed by atoms with Crippen LogP contribution < -0.4 is 5.73 Å². The summed E-state index contributed by atoms with van der Waals surface area (Å²) in [5.74, 6) is 0.506. The molecule has 0 aromatic heterocycles. The van der Waals surface area contributed by atoms with E-state index >= 15 is 0 Å². The minimum Gasteiger partial charge on any atom is -0.326 e. The van der Waals surface area contributed by atoms with Crippen LogP contribution in [0.5, 0.6) is 0 Å². The van der Waals surface area contributed by atoms with E-state index in [1.54, 1.807) is 0 Å². The first-order valence-electron chi connectivity index (χ1n) is 8.62. The Balaban J connectivity index is 2.31. The molecule has 2 atom stereocenters. The van der Waals surface area contributed by atoms with E-state index in [1.807, 2.05) is 0 Å². The maximum absolute atomic E-state index is 5.71. The second kappa shape index (κ2) is 6.88. The molecule has 0 radical (unpaired) electrons. The molecule has 2 N–H and O–H groups in total. The van der Waals surface area contributed by atoms with Crippen molar-refractivity contribution < 1.29 is 0 Å². The number of rotatable bonds is 5. The van der Waals surface area contributed by atoms with E-state index in [-0.39, 0.29) is 10.8 Å². The lowest BCUT2D eigenvalue weighted by Gasteiger charge is -2.44. The molecule has 0 saturated carbocycles. The lowest BCUT2D eigenvalue weighted by Crippen LogP contribution is -2.38. The third-order valence-corrected chi connectivity index (χ3v) is 5.57. The Morgan fingerprint density at radius 2 is 1.43 bits per heavy atom. The number of hydrogen-bond donors (Lipinski definition) is 1. The SMILES string of the molecule is CC(CC(C)(c1ccccc1)C(C)(C)C)c1ccc(CN)cc1. The molecule has 0 aliphatic heterocycles. The highest BCUT2D eigenvalue weighted by atomic mass is 14.5. The molecule has 1 heteroatoms. The summed E-state index contributed by atoms with van der Waals surface area (Å²) in [6, 6.07) is 19.7. The molecule has 2 aromatic rings. The van der Waals surface area contributed by atoms with Gasteiger partial charge in [-0.1, -0.05) is 89.2 Å². The van der Waals surface area contributed by atoms with Crippen molar-refractivity contribution >= 4 is 0 Å². The van der Waals surface area contributed by atoms with E-state index in [1.165, 1.54) is 16.7 Å². The second-order valence-corrected chi connectivity index (χ2v) is 8.00. The topological polar surface area (TPSA) is 26.0 Å². The molecule has 2 rings (SSSR count). The van der Waals surface area contributed by atoms with Crippen LogP contribution in [0.4, 0.5) is 0 Å². The van der Waals surface area contributed by atoms with Gasteiger partial charge in [-0.2, -0.15) is 0 Å². The number of hydrogen-bond acceptors (Lipinski definition) is 1. The lowest BCUT2D eigenvalue weighted by atomic mass is 9.60. The fraction of sp³-hybridized carbons (Fsp3) is 0.455. The van der Waals surface area contributed by atoms with Crippen molar-refractivity contribution in [3.05, 3.63) is 71.3 Å². The third kappa shape index (κ3) is 3.84. The van der Waals surface area contributed by atoms with Crippen LogP contribution in [0.3, 0.4) is 0 Å². The van der Waals surface area contributed by atoms with Crippen LogP contribution in [0.2, 0.25) is 0 Å². The van der Waals surface area contributed by atoms with Crippen molar-refractivity contribution in [1.82, 2.24) is 0 Å². The van der Waals surface area contributed by atoms with Gasteiger partial charge in [-0.25, -0.2) is 0 Å². The molecule has 1 nitrogen and oxygen atoms in total. The van der Waals surface area contributed by atoms with Crippen molar-refractivity contribution in [2.24, 2.45) is 11.1 Å². The standard InChI is InChI=1S/C22H31N/c1-17(19-13-11-18(16-23)12-14-19)15-22(5,21(2,3)4)20-9-7-6-8-10-20/h6-14,17H,15-16,23H2,1-5H3. The molecule has 0 aliphatic rings.